The van der Waals surface area contributed by atoms with E-state index in [1.54, 1.807) is 0 Å². The average molecular weight is 731 g/mol. The molecule has 0 radical (unpaired) electrons. The molecule has 6 heteroatoms. The quantitative estimate of drug-likeness (QED) is 0.176. The number of hydrogen-bond donors (Lipinski definition) is 0. The fraction of sp³-hybridized carbons (Fsp3) is 0. The van der Waals surface area contributed by atoms with Gasteiger partial charge in [-0.2, -0.15) is 0 Å². The van der Waals surface area contributed by atoms with E-state index in [4.69, 9.17) is 23.8 Å². The highest BCUT2D eigenvalue weighted by atomic mass is 16.3. The summed E-state index contributed by atoms with van der Waals surface area (Å²) in [6.07, 6.45) is 0. The summed E-state index contributed by atoms with van der Waals surface area (Å²) < 4.78 is 15.3. The number of furan rings is 2. The minimum Gasteiger partial charge on any atom is -0.456 e. The van der Waals surface area contributed by atoms with E-state index in [9.17, 15) is 0 Å². The van der Waals surface area contributed by atoms with Gasteiger partial charge in [-0.1, -0.05) is 121 Å². The predicted molar refractivity (Wildman–Crippen MR) is 230 cm³/mol. The van der Waals surface area contributed by atoms with Crippen molar-refractivity contribution < 1.29 is 8.83 Å². The van der Waals surface area contributed by atoms with Crippen molar-refractivity contribution in [1.29, 1.82) is 0 Å². The molecule has 0 bridgehead atoms. The van der Waals surface area contributed by atoms with Crippen LogP contribution in [0, 0.1) is 0 Å². The van der Waals surface area contributed by atoms with E-state index in [1.807, 2.05) is 60.7 Å². The fourth-order valence-corrected chi connectivity index (χ4v) is 8.39. The zero-order valence-electron chi connectivity index (χ0n) is 30.4. The molecule has 0 aliphatic rings. The maximum absolute atomic E-state index is 6.66. The molecule has 8 aromatic carbocycles. The second-order valence-electron chi connectivity index (χ2n) is 14.4. The lowest BCUT2D eigenvalue weighted by Gasteiger charge is -2.14. The van der Waals surface area contributed by atoms with E-state index >= 15 is 0 Å². The molecular weight excluding hydrogens is 701 g/mol. The molecule has 0 unspecified atom stereocenters. The number of hydrogen-bond acceptors (Lipinski definition) is 5. The van der Waals surface area contributed by atoms with Crippen molar-refractivity contribution in [3.05, 3.63) is 182 Å². The smallest absolute Gasteiger partial charge is 0.164 e. The van der Waals surface area contributed by atoms with Crippen LogP contribution in [0.5, 0.6) is 0 Å². The predicted octanol–water partition coefficient (Wildman–Crippen LogP) is 13.4. The third kappa shape index (κ3) is 5.01. The maximum Gasteiger partial charge on any atom is 0.164 e. The second-order valence-corrected chi connectivity index (χ2v) is 14.4. The van der Waals surface area contributed by atoms with Gasteiger partial charge in [0.25, 0.3) is 0 Å². The molecule has 6 nitrogen and oxygen atoms in total. The Morgan fingerprint density at radius 1 is 0.316 bits per heavy atom. The molecule has 0 atom stereocenters. The number of benzene rings is 8. The first-order chi connectivity index (χ1) is 28.2. The van der Waals surface area contributed by atoms with E-state index in [1.165, 1.54) is 21.8 Å². The molecule has 57 heavy (non-hydrogen) atoms. The summed E-state index contributed by atoms with van der Waals surface area (Å²) in [6.45, 7) is 0. The van der Waals surface area contributed by atoms with Crippen LogP contribution < -0.4 is 0 Å². The number of nitrogens with zero attached hydrogens (tertiary/aromatic N) is 4. The molecule has 0 saturated heterocycles. The fourth-order valence-electron chi connectivity index (χ4n) is 8.39. The number of para-hydroxylation sites is 4. The summed E-state index contributed by atoms with van der Waals surface area (Å²) >= 11 is 0. The summed E-state index contributed by atoms with van der Waals surface area (Å²) in [6, 6.07) is 62.8. The molecule has 0 amide bonds. The minimum absolute atomic E-state index is 0.562. The lowest BCUT2D eigenvalue weighted by molar-refractivity contribution is 0.669. The van der Waals surface area contributed by atoms with E-state index < -0.39 is 0 Å². The molecule has 0 aliphatic carbocycles. The first-order valence-corrected chi connectivity index (χ1v) is 19.0. The van der Waals surface area contributed by atoms with Gasteiger partial charge in [0.2, 0.25) is 0 Å². The Hall–Kier alpha value is -7.83. The summed E-state index contributed by atoms with van der Waals surface area (Å²) in [7, 11) is 0. The highest BCUT2D eigenvalue weighted by Gasteiger charge is 2.19. The molecule has 4 aromatic heterocycles. The van der Waals surface area contributed by atoms with Gasteiger partial charge in [0.15, 0.2) is 17.5 Å². The first kappa shape index (κ1) is 31.5. The molecular formula is C51H30N4O2. The largest absolute Gasteiger partial charge is 0.456 e. The number of rotatable bonds is 5. The van der Waals surface area contributed by atoms with E-state index in [0.717, 1.165) is 77.4 Å². The van der Waals surface area contributed by atoms with Gasteiger partial charge in [-0.05, 0) is 66.2 Å². The average Bonchev–Trinajstić information content (AvgIpc) is 3.95. The highest BCUT2D eigenvalue weighted by Crippen LogP contribution is 2.39. The summed E-state index contributed by atoms with van der Waals surface area (Å²) in [4.78, 5) is 15.0. The minimum atomic E-state index is 0.562. The Bertz CT molecular complexity index is 3490. The first-order valence-electron chi connectivity index (χ1n) is 19.0. The van der Waals surface area contributed by atoms with Crippen molar-refractivity contribution in [3.63, 3.8) is 0 Å². The molecule has 12 rings (SSSR count). The van der Waals surface area contributed by atoms with Gasteiger partial charge in [0.1, 0.15) is 22.3 Å². The van der Waals surface area contributed by atoms with E-state index in [2.05, 4.69) is 126 Å². The van der Waals surface area contributed by atoms with Crippen LogP contribution in [-0.4, -0.2) is 19.5 Å². The monoisotopic (exact) mass is 730 g/mol. The van der Waals surface area contributed by atoms with Gasteiger partial charge in [-0.3, -0.25) is 0 Å². The van der Waals surface area contributed by atoms with Crippen LogP contribution in [0.15, 0.2) is 191 Å². The number of fused-ring (bicyclic) bond motifs is 9. The van der Waals surface area contributed by atoms with Gasteiger partial charge >= 0.3 is 0 Å². The van der Waals surface area contributed by atoms with Gasteiger partial charge < -0.3 is 13.4 Å². The van der Waals surface area contributed by atoms with Crippen molar-refractivity contribution in [2.24, 2.45) is 0 Å². The Balaban J connectivity index is 0.977. The van der Waals surface area contributed by atoms with Gasteiger partial charge in [0, 0.05) is 54.6 Å². The van der Waals surface area contributed by atoms with Crippen molar-refractivity contribution in [1.82, 2.24) is 19.5 Å². The van der Waals surface area contributed by atoms with Crippen LogP contribution in [0.25, 0.3) is 117 Å². The molecule has 0 N–H and O–H groups in total. The second kappa shape index (κ2) is 12.3. The third-order valence-electron chi connectivity index (χ3n) is 11.1. The number of aromatic nitrogens is 4. The Labute approximate surface area is 325 Å². The van der Waals surface area contributed by atoms with Crippen LogP contribution in [-0.2, 0) is 0 Å². The molecule has 0 saturated carbocycles. The lowest BCUT2D eigenvalue weighted by atomic mass is 10.0. The Morgan fingerprint density at radius 3 is 1.39 bits per heavy atom. The SMILES string of the molecule is c1ccc(-c2nc(-c3ccc4c(c3)oc3ccccc34)nc(-c3ccc4c(c3)oc3cc(-c5ccccc5-n5c6ccccc6c6ccccc65)ccc34)n2)cc1. The molecule has 0 spiro atoms. The van der Waals surface area contributed by atoms with Crippen LogP contribution in [0.3, 0.4) is 0 Å². The van der Waals surface area contributed by atoms with Crippen LogP contribution in [0.1, 0.15) is 0 Å². The van der Waals surface area contributed by atoms with Crippen molar-refractivity contribution >= 4 is 65.7 Å². The Kier molecular flexibility index (Phi) is 6.83. The van der Waals surface area contributed by atoms with E-state index in [-0.39, 0.29) is 0 Å². The van der Waals surface area contributed by atoms with Gasteiger partial charge in [0.05, 0.1) is 16.7 Å². The van der Waals surface area contributed by atoms with Crippen molar-refractivity contribution in [2.45, 2.75) is 0 Å². The molecule has 12 aromatic rings. The summed E-state index contributed by atoms with van der Waals surface area (Å²) in [5.74, 6) is 1.72. The van der Waals surface area contributed by atoms with Crippen molar-refractivity contribution in [3.8, 4) is 51.0 Å². The Morgan fingerprint density at radius 2 is 0.754 bits per heavy atom. The lowest BCUT2D eigenvalue weighted by Crippen LogP contribution is -2.00. The highest BCUT2D eigenvalue weighted by molar-refractivity contribution is 6.11. The van der Waals surface area contributed by atoms with Gasteiger partial charge in [-0.15, -0.1) is 0 Å². The molecule has 0 fully saturated rings. The van der Waals surface area contributed by atoms with Crippen LogP contribution in [0.4, 0.5) is 0 Å². The third-order valence-corrected chi connectivity index (χ3v) is 11.1. The van der Waals surface area contributed by atoms with Gasteiger partial charge in [-0.25, -0.2) is 15.0 Å². The zero-order chi connectivity index (χ0) is 37.5. The molecule has 0 aliphatic heterocycles. The van der Waals surface area contributed by atoms with Crippen LogP contribution in [0.2, 0.25) is 0 Å². The normalized spacial score (nSPS) is 11.9. The topological polar surface area (TPSA) is 69.9 Å². The summed E-state index contributed by atoms with van der Waals surface area (Å²) in [5, 5.41) is 6.69. The molecule has 266 valence electrons. The summed E-state index contributed by atoms with van der Waals surface area (Å²) in [5.41, 5.74) is 11.5. The van der Waals surface area contributed by atoms with Crippen molar-refractivity contribution in [2.75, 3.05) is 0 Å². The van der Waals surface area contributed by atoms with E-state index in [0.29, 0.717) is 17.5 Å². The molecule has 4 heterocycles. The van der Waals surface area contributed by atoms with Crippen LogP contribution >= 0.6 is 0 Å². The standard InChI is InChI=1S/C51H30N4O2/c1-2-12-31(13-3-1)49-52-50(33-23-26-39-38-17-7-11-21-45(38)56-47(39)29-33)54-51(53-49)34-24-27-41-40-25-22-32(28-46(40)57-48(41)30-34)35-14-4-8-18-42(35)55-43-19-9-5-15-36(43)37-16-6-10-20-44(37)55/h1-30H. The zero-order valence-corrected chi connectivity index (χ0v) is 30.4. The maximum atomic E-state index is 6.66.